The molecule has 0 aromatic carbocycles. The van der Waals surface area contributed by atoms with Crippen LogP contribution in [0.1, 0.15) is 6.42 Å². The first kappa shape index (κ1) is 9.44. The fourth-order valence-electron chi connectivity index (χ4n) is 1.17. The molecule has 0 heterocycles. The molecule has 0 bridgehead atoms. The Morgan fingerprint density at radius 1 is 1.77 bits per heavy atom. The highest BCUT2D eigenvalue weighted by molar-refractivity contribution is 5.75. The molecule has 0 fully saturated rings. The number of nitrogens with zero attached hydrogens (tertiary/aromatic N) is 1. The summed E-state index contributed by atoms with van der Waals surface area (Å²) in [4.78, 5) is 21.0. The Bertz CT molecular complexity index is 293. The second-order valence-corrected chi connectivity index (χ2v) is 2.59. The van der Waals surface area contributed by atoms with Crippen molar-refractivity contribution in [2.45, 2.75) is 6.42 Å². The first-order valence-electron chi connectivity index (χ1n) is 3.75. The summed E-state index contributed by atoms with van der Waals surface area (Å²) in [6.45, 7) is 0. The molecule has 13 heavy (non-hydrogen) atoms. The van der Waals surface area contributed by atoms with Crippen molar-refractivity contribution in [1.29, 1.82) is 0 Å². The molecule has 0 aliphatic heterocycles. The highest BCUT2D eigenvalue weighted by Crippen LogP contribution is 2.21. The van der Waals surface area contributed by atoms with E-state index in [1.54, 1.807) is 12.2 Å². The molecule has 1 atom stereocenters. The van der Waals surface area contributed by atoms with E-state index in [-0.39, 0.29) is 5.70 Å². The third-order valence-corrected chi connectivity index (χ3v) is 1.83. The molecular weight excluding hydrogens is 174 g/mol. The summed E-state index contributed by atoms with van der Waals surface area (Å²) in [7, 11) is 1.22. The minimum absolute atomic E-state index is 0.102. The van der Waals surface area contributed by atoms with Gasteiger partial charge in [-0.15, -0.1) is 0 Å². The average Bonchev–Trinajstić information content (AvgIpc) is 2.16. The number of carbonyl (C=O) groups is 1. The summed E-state index contributed by atoms with van der Waals surface area (Å²) < 4.78 is 4.45. The van der Waals surface area contributed by atoms with Crippen molar-refractivity contribution in [3.05, 3.63) is 34.0 Å². The van der Waals surface area contributed by atoms with E-state index in [4.69, 9.17) is 0 Å². The van der Waals surface area contributed by atoms with Crippen LogP contribution in [-0.4, -0.2) is 18.0 Å². The van der Waals surface area contributed by atoms with Gasteiger partial charge in [-0.2, -0.15) is 0 Å². The molecule has 70 valence electrons. The van der Waals surface area contributed by atoms with E-state index in [9.17, 15) is 14.9 Å². The van der Waals surface area contributed by atoms with Gasteiger partial charge in [-0.25, -0.2) is 0 Å². The smallest absolute Gasteiger partial charge is 0.319 e. The van der Waals surface area contributed by atoms with E-state index in [1.165, 1.54) is 13.2 Å². The molecule has 1 unspecified atom stereocenters. The van der Waals surface area contributed by atoms with Crippen molar-refractivity contribution < 1.29 is 14.5 Å². The number of hydrogen-bond acceptors (Lipinski definition) is 4. The third kappa shape index (κ3) is 1.93. The van der Waals surface area contributed by atoms with Crippen LogP contribution in [0.5, 0.6) is 0 Å². The Labute approximate surface area is 74.8 Å². The van der Waals surface area contributed by atoms with Crippen LogP contribution in [0.3, 0.4) is 0 Å². The van der Waals surface area contributed by atoms with Crippen LogP contribution in [0.25, 0.3) is 0 Å². The number of rotatable bonds is 2. The average molecular weight is 183 g/mol. The summed E-state index contributed by atoms with van der Waals surface area (Å²) in [6, 6.07) is 0. The van der Waals surface area contributed by atoms with Crippen LogP contribution >= 0.6 is 0 Å². The van der Waals surface area contributed by atoms with Gasteiger partial charge in [0, 0.05) is 6.08 Å². The first-order valence-corrected chi connectivity index (χ1v) is 3.75. The molecule has 1 aliphatic carbocycles. The predicted molar refractivity (Wildman–Crippen MR) is 44.3 cm³/mol. The van der Waals surface area contributed by atoms with Gasteiger partial charge in [0.15, 0.2) is 5.92 Å². The summed E-state index contributed by atoms with van der Waals surface area (Å²) in [5.74, 6) is -1.32. The Morgan fingerprint density at radius 2 is 2.46 bits per heavy atom. The Morgan fingerprint density at radius 3 is 3.00 bits per heavy atom. The van der Waals surface area contributed by atoms with Crippen LogP contribution < -0.4 is 0 Å². The predicted octanol–water partition coefficient (Wildman–Crippen LogP) is 0.896. The number of allylic oxidation sites excluding steroid dienone is 3. The number of esters is 1. The van der Waals surface area contributed by atoms with Crippen LogP contribution in [0.15, 0.2) is 23.9 Å². The van der Waals surface area contributed by atoms with Gasteiger partial charge in [0.1, 0.15) is 0 Å². The number of methoxy groups -OCH3 is 1. The van der Waals surface area contributed by atoms with Gasteiger partial charge in [0.05, 0.1) is 12.0 Å². The summed E-state index contributed by atoms with van der Waals surface area (Å²) in [6.07, 6.45) is 4.93. The topological polar surface area (TPSA) is 69.4 Å². The van der Waals surface area contributed by atoms with Gasteiger partial charge in [0.25, 0.3) is 5.70 Å². The normalized spacial score (nSPS) is 20.7. The second kappa shape index (κ2) is 3.84. The number of carbonyl (C=O) groups excluding carboxylic acids is 1. The van der Waals surface area contributed by atoms with Crippen molar-refractivity contribution in [2.75, 3.05) is 7.11 Å². The summed E-state index contributed by atoms with van der Waals surface area (Å²) >= 11 is 0. The SMILES string of the molecule is COC(=O)C1CC=CC=C1[N+](=O)[O-]. The van der Waals surface area contributed by atoms with Crippen molar-refractivity contribution in [3.8, 4) is 0 Å². The van der Waals surface area contributed by atoms with Gasteiger partial charge in [0.2, 0.25) is 0 Å². The van der Waals surface area contributed by atoms with Gasteiger partial charge < -0.3 is 4.74 Å². The molecule has 1 aliphatic rings. The molecule has 0 radical (unpaired) electrons. The van der Waals surface area contributed by atoms with Crippen molar-refractivity contribution in [1.82, 2.24) is 0 Å². The summed E-state index contributed by atoms with van der Waals surface area (Å²) in [5.41, 5.74) is -0.102. The maximum absolute atomic E-state index is 11.1. The molecule has 0 spiro atoms. The zero-order valence-electron chi connectivity index (χ0n) is 7.10. The second-order valence-electron chi connectivity index (χ2n) is 2.59. The fourth-order valence-corrected chi connectivity index (χ4v) is 1.17. The lowest BCUT2D eigenvalue weighted by atomic mass is 9.97. The molecule has 0 saturated carbocycles. The molecule has 0 N–H and O–H groups in total. The zero-order valence-corrected chi connectivity index (χ0v) is 7.10. The number of ether oxygens (including phenoxy) is 1. The highest BCUT2D eigenvalue weighted by Gasteiger charge is 2.32. The molecule has 0 amide bonds. The van der Waals surface area contributed by atoms with Crippen LogP contribution in [-0.2, 0) is 9.53 Å². The molecule has 5 nitrogen and oxygen atoms in total. The van der Waals surface area contributed by atoms with Crippen molar-refractivity contribution >= 4 is 5.97 Å². The monoisotopic (exact) mass is 183 g/mol. The van der Waals surface area contributed by atoms with E-state index < -0.39 is 16.8 Å². The van der Waals surface area contributed by atoms with Crippen molar-refractivity contribution in [3.63, 3.8) is 0 Å². The number of nitro groups is 1. The molecular formula is C8H9NO4. The minimum atomic E-state index is -0.759. The van der Waals surface area contributed by atoms with E-state index >= 15 is 0 Å². The molecule has 0 aromatic rings. The molecule has 5 heteroatoms. The lowest BCUT2D eigenvalue weighted by Crippen LogP contribution is -2.23. The Balaban J connectivity index is 2.87. The van der Waals surface area contributed by atoms with E-state index in [2.05, 4.69) is 4.74 Å². The van der Waals surface area contributed by atoms with Gasteiger partial charge >= 0.3 is 5.97 Å². The molecule has 0 aromatic heterocycles. The highest BCUT2D eigenvalue weighted by atomic mass is 16.6. The van der Waals surface area contributed by atoms with Gasteiger partial charge in [-0.05, 0) is 6.42 Å². The van der Waals surface area contributed by atoms with E-state index in [1.807, 2.05) is 0 Å². The largest absolute Gasteiger partial charge is 0.468 e. The Hall–Kier alpha value is -1.65. The van der Waals surface area contributed by atoms with Crippen LogP contribution in [0, 0.1) is 16.0 Å². The van der Waals surface area contributed by atoms with E-state index in [0.29, 0.717) is 6.42 Å². The van der Waals surface area contributed by atoms with Crippen LogP contribution in [0.4, 0.5) is 0 Å². The Kier molecular flexibility index (Phi) is 2.79. The maximum atomic E-state index is 11.1. The standard InChI is InChI=1S/C8H9NO4/c1-13-8(10)6-4-2-3-5-7(6)9(11)12/h2-3,5-6H,4H2,1H3. The maximum Gasteiger partial charge on any atom is 0.319 e. The molecule has 0 saturated heterocycles. The lowest BCUT2D eigenvalue weighted by Gasteiger charge is -2.11. The quantitative estimate of drug-likeness (QED) is 0.362. The van der Waals surface area contributed by atoms with Crippen molar-refractivity contribution in [2.24, 2.45) is 5.92 Å². The fraction of sp³-hybridized carbons (Fsp3) is 0.375. The zero-order chi connectivity index (χ0) is 9.84. The van der Waals surface area contributed by atoms with Crippen LogP contribution in [0.2, 0.25) is 0 Å². The third-order valence-electron chi connectivity index (χ3n) is 1.83. The van der Waals surface area contributed by atoms with Gasteiger partial charge in [-0.1, -0.05) is 12.2 Å². The van der Waals surface area contributed by atoms with Gasteiger partial charge in [-0.3, -0.25) is 14.9 Å². The van der Waals surface area contributed by atoms with E-state index in [0.717, 1.165) is 0 Å². The first-order chi connectivity index (χ1) is 6.16. The number of hydrogen-bond donors (Lipinski definition) is 0. The molecule has 1 rings (SSSR count). The minimum Gasteiger partial charge on any atom is -0.468 e. The lowest BCUT2D eigenvalue weighted by molar-refractivity contribution is -0.432. The summed E-state index contributed by atoms with van der Waals surface area (Å²) in [5, 5.41) is 10.5.